The lowest BCUT2D eigenvalue weighted by atomic mass is 9.52. The fourth-order valence-corrected chi connectivity index (χ4v) is 16.3. The Morgan fingerprint density at radius 2 is 1.48 bits per heavy atom. The van der Waals surface area contributed by atoms with Crippen LogP contribution in [0.15, 0.2) is 82.5 Å². The van der Waals surface area contributed by atoms with Gasteiger partial charge in [0.1, 0.15) is 12.4 Å². The molecule has 1 fully saturated rings. The molecule has 0 spiro atoms. The van der Waals surface area contributed by atoms with Crippen LogP contribution in [-0.4, -0.2) is 14.7 Å². The molecule has 1 aromatic carbocycles. The molecule has 3 atom stereocenters. The zero-order chi connectivity index (χ0) is 31.9. The smallest absolute Gasteiger partial charge is 0.119 e. The lowest BCUT2D eigenvalue weighted by Crippen LogP contribution is -2.55. The summed E-state index contributed by atoms with van der Waals surface area (Å²) in [7, 11) is -2.11. The molecule has 238 valence electrons. The number of ether oxygens (including phenoxy) is 1. The first-order valence-electron chi connectivity index (χ1n) is 17.9. The van der Waals surface area contributed by atoms with Crippen molar-refractivity contribution >= 4 is 13.3 Å². The Bertz CT molecular complexity index is 1470. The van der Waals surface area contributed by atoms with Crippen molar-refractivity contribution in [2.24, 2.45) is 33.5 Å². The number of allylic oxidation sites excluding steroid dienone is 8. The fraction of sp³-hybridized carbons (Fsp3) is 0.619. The van der Waals surface area contributed by atoms with Crippen LogP contribution in [0.2, 0.25) is 17.6 Å². The average molecular weight is 609 g/mol. The van der Waals surface area contributed by atoms with Crippen LogP contribution in [0, 0.1) is 33.5 Å². The van der Waals surface area contributed by atoms with Crippen molar-refractivity contribution in [2.75, 3.05) is 6.61 Å². The summed E-state index contributed by atoms with van der Waals surface area (Å²) in [5.74, 6) is 2.36. The predicted molar refractivity (Wildman–Crippen MR) is 192 cm³/mol. The Morgan fingerprint density at radius 1 is 0.841 bits per heavy atom. The molecule has 0 heterocycles. The van der Waals surface area contributed by atoms with E-state index in [0.717, 1.165) is 5.75 Å². The summed E-state index contributed by atoms with van der Waals surface area (Å²) < 4.78 is 6.52. The average Bonchev–Trinajstić information content (AvgIpc) is 3.28. The Kier molecular flexibility index (Phi) is 7.79. The summed E-state index contributed by atoms with van der Waals surface area (Å²) in [5, 5.41) is 1.56. The van der Waals surface area contributed by atoms with Gasteiger partial charge in [-0.2, -0.15) is 0 Å². The maximum atomic E-state index is 6.52. The van der Waals surface area contributed by atoms with Crippen molar-refractivity contribution in [3.8, 4) is 5.75 Å². The van der Waals surface area contributed by atoms with E-state index in [4.69, 9.17) is 4.74 Å². The Labute approximate surface area is 271 Å². The highest BCUT2D eigenvalue weighted by molar-refractivity contribution is 6.94. The van der Waals surface area contributed by atoms with Crippen LogP contribution in [0.1, 0.15) is 108 Å². The van der Waals surface area contributed by atoms with Crippen LogP contribution in [0.25, 0.3) is 0 Å². The lowest BCUT2D eigenvalue weighted by molar-refractivity contribution is 0.185. The summed E-state index contributed by atoms with van der Waals surface area (Å²) in [5.41, 5.74) is 12.3. The molecule has 5 aliphatic carbocycles. The number of fused-ring (bicyclic) bond motifs is 5. The van der Waals surface area contributed by atoms with Crippen LogP contribution >= 0.6 is 0 Å². The second-order valence-electron chi connectivity index (χ2n) is 17.7. The fourth-order valence-electron chi connectivity index (χ4n) is 10.8. The van der Waals surface area contributed by atoms with Gasteiger partial charge in [0.2, 0.25) is 0 Å². The van der Waals surface area contributed by atoms with E-state index in [-0.39, 0.29) is 10.8 Å². The Morgan fingerprint density at radius 3 is 2.14 bits per heavy atom. The molecule has 5 aliphatic rings. The van der Waals surface area contributed by atoms with Gasteiger partial charge < -0.3 is 4.74 Å². The van der Waals surface area contributed by atoms with Gasteiger partial charge in [-0.1, -0.05) is 135 Å². The molecule has 1 nitrogen and oxygen atoms in total. The molecule has 0 saturated heterocycles. The van der Waals surface area contributed by atoms with Crippen molar-refractivity contribution in [3.05, 3.63) is 82.5 Å². The minimum Gasteiger partial charge on any atom is -0.490 e. The third-order valence-corrected chi connectivity index (χ3v) is 18.8. The standard InChI is InChI=1S/C42H60OSi/c1-12-25-43-32-17-15-16-18-33(32)44(13-2,14-3)38-31-27-40(6,7)21-19-28(31)34-35(38)30-26-39(4,5)22-20-29(30)36-37(34)42(10,11)24-23-41(36,8)9/h12,15-18,23-24,30,35,38H,1,13-14,19-22,25-27H2,2-11H3. The first-order valence-corrected chi connectivity index (χ1v) is 20.4. The first kappa shape index (κ1) is 31.9. The van der Waals surface area contributed by atoms with E-state index in [1.165, 1.54) is 50.6 Å². The van der Waals surface area contributed by atoms with Gasteiger partial charge in [0.15, 0.2) is 0 Å². The van der Waals surface area contributed by atoms with E-state index in [1.54, 1.807) is 21.9 Å². The molecule has 0 radical (unpaired) electrons. The summed E-state index contributed by atoms with van der Waals surface area (Å²) in [6.07, 6.45) is 14.7. The van der Waals surface area contributed by atoms with Gasteiger partial charge >= 0.3 is 0 Å². The normalized spacial score (nSPS) is 29.5. The van der Waals surface area contributed by atoms with Crippen LogP contribution in [0.3, 0.4) is 0 Å². The highest BCUT2D eigenvalue weighted by Gasteiger charge is 2.60. The minimum absolute atomic E-state index is 0.0525. The zero-order valence-corrected chi connectivity index (χ0v) is 30.8. The van der Waals surface area contributed by atoms with Crippen molar-refractivity contribution in [3.63, 3.8) is 0 Å². The van der Waals surface area contributed by atoms with Crippen LogP contribution < -0.4 is 9.92 Å². The molecule has 6 rings (SSSR count). The third kappa shape index (κ3) is 4.83. The van der Waals surface area contributed by atoms with Crippen molar-refractivity contribution in [2.45, 2.75) is 125 Å². The van der Waals surface area contributed by atoms with E-state index in [1.807, 2.05) is 22.8 Å². The van der Waals surface area contributed by atoms with E-state index in [2.05, 4.69) is 112 Å². The third-order valence-electron chi connectivity index (χ3n) is 12.9. The maximum absolute atomic E-state index is 6.52. The molecule has 0 aromatic heterocycles. The van der Waals surface area contributed by atoms with Crippen LogP contribution in [-0.2, 0) is 0 Å². The number of para-hydroxylation sites is 1. The molecule has 2 heteroatoms. The molecule has 0 aliphatic heterocycles. The molecule has 1 saturated carbocycles. The van der Waals surface area contributed by atoms with Crippen molar-refractivity contribution in [1.29, 1.82) is 0 Å². The molecule has 3 unspecified atom stereocenters. The largest absolute Gasteiger partial charge is 0.490 e. The van der Waals surface area contributed by atoms with E-state index < -0.39 is 8.07 Å². The van der Waals surface area contributed by atoms with Gasteiger partial charge in [-0.25, -0.2) is 0 Å². The second kappa shape index (κ2) is 10.7. The summed E-state index contributed by atoms with van der Waals surface area (Å²) in [6.45, 7) is 29.9. The Balaban J connectivity index is 1.70. The number of hydrogen-bond donors (Lipinski definition) is 0. The van der Waals surface area contributed by atoms with E-state index >= 15 is 0 Å². The first-order chi connectivity index (χ1) is 20.6. The quantitative estimate of drug-likeness (QED) is 0.221. The SMILES string of the molecule is C=CCOc1ccccc1[Si](CC)(CC)C1C2=C(CCC(C)(C)C2)C2=C3C(=C4CCC(C)(C)CC4C21)C(C)(C)C=CC3(C)C. The van der Waals surface area contributed by atoms with E-state index in [9.17, 15) is 0 Å². The van der Waals surface area contributed by atoms with Crippen LogP contribution in [0.5, 0.6) is 5.75 Å². The molecular formula is C42H60OSi. The monoisotopic (exact) mass is 608 g/mol. The van der Waals surface area contributed by atoms with Gasteiger partial charge in [0.05, 0.1) is 8.07 Å². The minimum atomic E-state index is -2.11. The molecule has 0 amide bonds. The number of hydrogen-bond acceptors (Lipinski definition) is 1. The molecule has 1 aromatic rings. The van der Waals surface area contributed by atoms with Gasteiger partial charge in [0.25, 0.3) is 0 Å². The summed E-state index contributed by atoms with van der Waals surface area (Å²) >= 11 is 0. The summed E-state index contributed by atoms with van der Waals surface area (Å²) in [6, 6.07) is 11.7. The Hall–Kier alpha value is -2.06. The van der Waals surface area contributed by atoms with Gasteiger partial charge in [-0.15, -0.1) is 0 Å². The highest BCUT2D eigenvalue weighted by Crippen LogP contribution is 2.70. The highest BCUT2D eigenvalue weighted by atomic mass is 28.3. The summed E-state index contributed by atoms with van der Waals surface area (Å²) in [4.78, 5) is 0. The zero-order valence-electron chi connectivity index (χ0n) is 29.8. The lowest BCUT2D eigenvalue weighted by Gasteiger charge is -2.54. The number of rotatable bonds is 7. The predicted octanol–water partition coefficient (Wildman–Crippen LogP) is 11.5. The molecular weight excluding hydrogens is 549 g/mol. The second-order valence-corrected chi connectivity index (χ2v) is 22.6. The van der Waals surface area contributed by atoms with E-state index in [0.29, 0.717) is 34.8 Å². The van der Waals surface area contributed by atoms with Crippen molar-refractivity contribution in [1.82, 2.24) is 0 Å². The molecule has 0 N–H and O–H groups in total. The van der Waals surface area contributed by atoms with Gasteiger partial charge in [0, 0.05) is 10.8 Å². The number of benzene rings is 1. The van der Waals surface area contributed by atoms with Gasteiger partial charge in [-0.3, -0.25) is 0 Å². The van der Waals surface area contributed by atoms with Crippen molar-refractivity contribution < 1.29 is 4.74 Å². The molecule has 44 heavy (non-hydrogen) atoms. The maximum Gasteiger partial charge on any atom is 0.119 e. The molecule has 0 bridgehead atoms. The van der Waals surface area contributed by atoms with Crippen LogP contribution in [0.4, 0.5) is 0 Å². The van der Waals surface area contributed by atoms with Gasteiger partial charge in [-0.05, 0) is 100 Å². The topological polar surface area (TPSA) is 9.23 Å².